The van der Waals surface area contributed by atoms with Crippen molar-refractivity contribution in [2.75, 3.05) is 18.1 Å². The van der Waals surface area contributed by atoms with Gasteiger partial charge >= 0.3 is 0 Å². The minimum atomic E-state index is -0.570. The fraction of sp³-hybridized carbons (Fsp3) is 0.389. The summed E-state index contributed by atoms with van der Waals surface area (Å²) in [6.07, 6.45) is 1.11. The minimum absolute atomic E-state index is 0.158. The van der Waals surface area contributed by atoms with Crippen LogP contribution in [-0.2, 0) is 10.3 Å². The van der Waals surface area contributed by atoms with Gasteiger partial charge in [0.1, 0.15) is 16.4 Å². The maximum absolute atomic E-state index is 12.5. The van der Waals surface area contributed by atoms with Gasteiger partial charge in [0.25, 0.3) is 5.91 Å². The summed E-state index contributed by atoms with van der Waals surface area (Å²) >= 11 is 3.09. The number of hydrogen-bond acceptors (Lipinski definition) is 7. The number of nitrogens with two attached hydrogens (primary N) is 1. The number of nitrogens with zero attached hydrogens (tertiary/aromatic N) is 2. The molecule has 0 aliphatic carbocycles. The Morgan fingerprint density at radius 1 is 1.36 bits per heavy atom. The Morgan fingerprint density at radius 3 is 2.79 bits per heavy atom. The Labute approximate surface area is 177 Å². The second kappa shape index (κ2) is 9.64. The van der Waals surface area contributed by atoms with Gasteiger partial charge in [0.15, 0.2) is 5.17 Å². The van der Waals surface area contributed by atoms with E-state index in [1.807, 2.05) is 23.6 Å². The van der Waals surface area contributed by atoms with Crippen molar-refractivity contribution in [1.82, 2.24) is 10.3 Å². The molecule has 4 rings (SSSR count). The molecule has 6 nitrogen and oxygen atoms in total. The number of hydrogen-bond donors (Lipinski definition) is 2. The first-order chi connectivity index (χ1) is 13.6. The Kier molecular flexibility index (Phi) is 7.46. The number of anilines is 1. The van der Waals surface area contributed by atoms with E-state index in [0.717, 1.165) is 17.2 Å². The molecule has 1 saturated heterocycles. The highest BCUT2D eigenvalue weighted by atomic mass is 32.2. The van der Waals surface area contributed by atoms with Crippen molar-refractivity contribution in [3.05, 3.63) is 46.3 Å². The van der Waals surface area contributed by atoms with Crippen molar-refractivity contribution >= 4 is 57.8 Å². The Balaban J connectivity index is 0.00000109. The van der Waals surface area contributed by atoms with Gasteiger partial charge in [-0.05, 0) is 25.5 Å². The monoisotopic (exact) mass is 454 g/mol. The number of ether oxygens (including phenoxy) is 1. The van der Waals surface area contributed by atoms with Gasteiger partial charge in [-0.2, -0.15) is 0 Å². The molecular weight excluding hydrogens is 430 g/mol. The molecule has 2 unspecified atom stereocenters. The van der Waals surface area contributed by atoms with Crippen LogP contribution >= 0.6 is 41.0 Å². The largest absolute Gasteiger partial charge is 0.383 e. The average Bonchev–Trinajstić information content (AvgIpc) is 3.17. The van der Waals surface area contributed by atoms with E-state index in [1.165, 1.54) is 11.3 Å². The second-order valence-corrected chi connectivity index (χ2v) is 8.47. The van der Waals surface area contributed by atoms with Crippen molar-refractivity contribution in [2.24, 2.45) is 10.9 Å². The summed E-state index contributed by atoms with van der Waals surface area (Å²) in [5.74, 6) is 1.51. The van der Waals surface area contributed by atoms with E-state index in [4.69, 9.17) is 15.5 Å². The molecule has 1 aromatic carbocycles. The lowest BCUT2D eigenvalue weighted by atomic mass is 9.80. The molecule has 1 aromatic heterocycles. The summed E-state index contributed by atoms with van der Waals surface area (Å²) in [5, 5.41) is 6.25. The van der Waals surface area contributed by atoms with Gasteiger partial charge in [-0.3, -0.25) is 4.79 Å². The van der Waals surface area contributed by atoms with Crippen LogP contribution in [0.4, 0.5) is 5.82 Å². The molecular formula is C18H24N4O2P2S2. The van der Waals surface area contributed by atoms with Crippen LogP contribution in [0.1, 0.15) is 28.7 Å². The zero-order chi connectivity index (χ0) is 20.1. The molecule has 0 bridgehead atoms. The zero-order valence-electron chi connectivity index (χ0n) is 15.5. The van der Waals surface area contributed by atoms with E-state index >= 15 is 0 Å². The number of carbonyl (C=O) groups excluding carboxylic acids is 1. The molecule has 0 saturated carbocycles. The van der Waals surface area contributed by atoms with Crippen LogP contribution in [-0.4, -0.2) is 34.5 Å². The van der Waals surface area contributed by atoms with Crippen molar-refractivity contribution in [3.8, 4) is 0 Å². The fourth-order valence-corrected chi connectivity index (χ4v) is 5.45. The maximum Gasteiger partial charge on any atom is 0.257 e. The van der Waals surface area contributed by atoms with E-state index in [0.29, 0.717) is 29.1 Å². The summed E-state index contributed by atoms with van der Waals surface area (Å²) < 4.78 is 5.95. The van der Waals surface area contributed by atoms with E-state index < -0.39 is 5.54 Å². The molecule has 28 heavy (non-hydrogen) atoms. The highest BCUT2D eigenvalue weighted by Crippen LogP contribution is 2.47. The van der Waals surface area contributed by atoms with Crippen molar-refractivity contribution in [3.63, 3.8) is 0 Å². The SMILES string of the molecule is C[C@H]1C[C@H]2CSC(NC(=O)c3ccccc3)=N[C@@]2(c2nc(N)cs2)CO1.PP. The molecule has 150 valence electrons. The van der Waals surface area contributed by atoms with Crippen LogP contribution < -0.4 is 11.1 Å². The highest BCUT2D eigenvalue weighted by Gasteiger charge is 2.49. The normalized spacial score (nSPS) is 26.3. The zero-order valence-corrected chi connectivity index (χ0v) is 19.4. The van der Waals surface area contributed by atoms with Crippen LogP contribution in [0.3, 0.4) is 0 Å². The predicted molar refractivity (Wildman–Crippen MR) is 125 cm³/mol. The number of amides is 1. The molecule has 3 N–H and O–H groups in total. The summed E-state index contributed by atoms with van der Waals surface area (Å²) in [5.41, 5.74) is 5.90. The molecule has 3 heterocycles. The topological polar surface area (TPSA) is 89.6 Å². The number of thiazole rings is 1. The number of aliphatic imine (C=N–C) groups is 1. The van der Waals surface area contributed by atoms with Gasteiger partial charge in [0.05, 0.1) is 12.7 Å². The number of carbonyl (C=O) groups is 1. The standard InChI is InChI=1S/C18H20N4O2S2.H4P2/c1-11-7-13-8-26-17(21-15(23)12-5-3-2-4-6-12)22-18(13,10-24-11)16-20-14(19)9-25-16;1-2/h2-6,9,11,13H,7-8,10,19H2,1H3,(H,21,22,23);1-2H2/t11-,13-,18-;/m0./s1. The number of amidine groups is 1. The second-order valence-electron chi connectivity index (χ2n) is 6.60. The lowest BCUT2D eigenvalue weighted by molar-refractivity contribution is -0.0466. The number of fused-ring (bicyclic) bond motifs is 1. The first-order valence-electron chi connectivity index (χ1n) is 8.82. The average molecular weight is 454 g/mol. The van der Waals surface area contributed by atoms with Crippen LogP contribution in [0.25, 0.3) is 0 Å². The number of nitrogens with one attached hydrogen (secondary N) is 1. The summed E-state index contributed by atoms with van der Waals surface area (Å²) in [7, 11) is 4.67. The first-order valence-corrected chi connectivity index (χ1v) is 13.4. The highest BCUT2D eigenvalue weighted by molar-refractivity contribution is 8.13. The van der Waals surface area contributed by atoms with Crippen molar-refractivity contribution < 1.29 is 9.53 Å². The third kappa shape index (κ3) is 4.58. The van der Waals surface area contributed by atoms with E-state index in [-0.39, 0.29) is 12.0 Å². The molecule has 5 atom stereocenters. The van der Waals surface area contributed by atoms with Gasteiger partial charge in [-0.25, -0.2) is 9.98 Å². The van der Waals surface area contributed by atoms with Gasteiger partial charge in [0.2, 0.25) is 0 Å². The van der Waals surface area contributed by atoms with E-state index in [9.17, 15) is 4.79 Å². The van der Waals surface area contributed by atoms with Crippen LogP contribution in [0, 0.1) is 5.92 Å². The molecule has 0 spiro atoms. The number of rotatable bonds is 2. The Morgan fingerprint density at radius 2 is 2.11 bits per heavy atom. The molecule has 0 radical (unpaired) electrons. The molecule has 2 aromatic rings. The molecule has 2 aliphatic rings. The van der Waals surface area contributed by atoms with Crippen LogP contribution in [0.15, 0.2) is 40.7 Å². The summed E-state index contributed by atoms with van der Waals surface area (Å²) in [6, 6.07) is 9.15. The van der Waals surface area contributed by atoms with Gasteiger partial charge < -0.3 is 15.8 Å². The fourth-order valence-electron chi connectivity index (χ4n) is 3.37. The molecule has 2 aliphatic heterocycles. The Hall–Kier alpha value is -1.04. The van der Waals surface area contributed by atoms with Crippen LogP contribution in [0.5, 0.6) is 0 Å². The number of thioether (sulfide) groups is 1. The number of aromatic nitrogens is 1. The Bertz CT molecular complexity index is 849. The predicted octanol–water partition coefficient (Wildman–Crippen LogP) is 3.53. The van der Waals surface area contributed by atoms with Gasteiger partial charge in [-0.15, -0.1) is 29.2 Å². The molecule has 1 fully saturated rings. The van der Waals surface area contributed by atoms with Crippen molar-refractivity contribution in [1.29, 1.82) is 0 Å². The third-order valence-corrected chi connectivity index (χ3v) is 6.81. The van der Waals surface area contributed by atoms with Gasteiger partial charge in [0, 0.05) is 22.6 Å². The smallest absolute Gasteiger partial charge is 0.257 e. The maximum atomic E-state index is 12.5. The van der Waals surface area contributed by atoms with Gasteiger partial charge in [-0.1, -0.05) is 30.0 Å². The first kappa shape index (κ1) is 21.7. The lowest BCUT2D eigenvalue weighted by Crippen LogP contribution is -2.50. The quantitative estimate of drug-likeness (QED) is 0.678. The minimum Gasteiger partial charge on any atom is -0.383 e. The summed E-state index contributed by atoms with van der Waals surface area (Å²) in [4.78, 5) is 21.9. The number of benzene rings is 1. The summed E-state index contributed by atoms with van der Waals surface area (Å²) in [6.45, 7) is 2.54. The van der Waals surface area contributed by atoms with Crippen molar-refractivity contribution in [2.45, 2.75) is 25.0 Å². The molecule has 1 amide bonds. The number of nitrogen functional groups attached to an aromatic ring is 1. The van der Waals surface area contributed by atoms with Crippen LogP contribution in [0.2, 0.25) is 0 Å². The lowest BCUT2D eigenvalue weighted by Gasteiger charge is -2.44. The molecule has 10 heteroatoms. The third-order valence-electron chi connectivity index (χ3n) is 4.75. The van der Waals surface area contributed by atoms with E-state index in [1.54, 1.807) is 23.9 Å². The van der Waals surface area contributed by atoms with E-state index in [2.05, 4.69) is 35.1 Å².